The third-order valence-corrected chi connectivity index (χ3v) is 5.66. The summed E-state index contributed by atoms with van der Waals surface area (Å²) in [5, 5.41) is 0. The Morgan fingerprint density at radius 1 is 0.929 bits per heavy atom. The van der Waals surface area contributed by atoms with E-state index in [1.165, 1.54) is 9.78 Å². The first-order chi connectivity index (χ1) is 13.6. The Balaban J connectivity index is 1.75. The lowest BCUT2D eigenvalue weighted by molar-refractivity contribution is -0.123. The number of imide groups is 1. The summed E-state index contributed by atoms with van der Waals surface area (Å²) in [6, 6.07) is 18.7. The van der Waals surface area contributed by atoms with Crippen molar-refractivity contribution in [1.29, 1.82) is 0 Å². The Labute approximate surface area is 167 Å². The van der Waals surface area contributed by atoms with Crippen LogP contribution in [0.2, 0.25) is 0 Å². The van der Waals surface area contributed by atoms with Crippen molar-refractivity contribution in [1.82, 2.24) is 4.90 Å². The number of carbonyl (C=O) groups is 2. The highest BCUT2D eigenvalue weighted by Crippen LogP contribution is 2.32. The second-order valence-electron chi connectivity index (χ2n) is 6.60. The van der Waals surface area contributed by atoms with E-state index in [0.717, 1.165) is 16.2 Å². The molecule has 0 aliphatic carbocycles. The largest absolute Gasteiger partial charge is 0.497 e. The van der Waals surface area contributed by atoms with E-state index in [1.807, 2.05) is 67.6 Å². The van der Waals surface area contributed by atoms with Crippen molar-refractivity contribution in [3.63, 3.8) is 0 Å². The monoisotopic (exact) mass is 389 g/mol. The number of methoxy groups -OCH3 is 1. The maximum atomic E-state index is 13.3. The van der Waals surface area contributed by atoms with E-state index in [-0.39, 0.29) is 18.4 Å². The number of carbonyl (C=O) groups excluding carboxylic acids is 2. The van der Waals surface area contributed by atoms with Crippen LogP contribution in [0.15, 0.2) is 60.7 Å². The number of fused-ring (bicyclic) bond motifs is 1. The van der Waals surface area contributed by atoms with Gasteiger partial charge in [0.25, 0.3) is 11.8 Å². The molecular formula is C23H19NO3S. The van der Waals surface area contributed by atoms with Gasteiger partial charge in [0, 0.05) is 20.9 Å². The van der Waals surface area contributed by atoms with E-state index >= 15 is 0 Å². The lowest BCUT2D eigenvalue weighted by Crippen LogP contribution is -2.41. The number of ether oxygens (including phenoxy) is 1. The number of amides is 2. The van der Waals surface area contributed by atoms with Gasteiger partial charge in [-0.3, -0.25) is 14.5 Å². The van der Waals surface area contributed by atoms with E-state index in [1.54, 1.807) is 24.5 Å². The molecule has 4 rings (SSSR count). The molecule has 4 nitrogen and oxygen atoms in total. The summed E-state index contributed by atoms with van der Waals surface area (Å²) in [6.07, 6.45) is 1.88. The zero-order chi connectivity index (χ0) is 19.7. The molecule has 0 bridgehead atoms. The Morgan fingerprint density at radius 2 is 1.64 bits per heavy atom. The van der Waals surface area contributed by atoms with Crippen molar-refractivity contribution in [3.05, 3.63) is 87.1 Å². The maximum absolute atomic E-state index is 13.3. The van der Waals surface area contributed by atoms with Crippen molar-refractivity contribution < 1.29 is 14.3 Å². The van der Waals surface area contributed by atoms with Gasteiger partial charge in [-0.15, -0.1) is 11.3 Å². The van der Waals surface area contributed by atoms with Crippen LogP contribution in [0.4, 0.5) is 0 Å². The first kappa shape index (κ1) is 18.2. The fourth-order valence-electron chi connectivity index (χ4n) is 3.27. The SMILES string of the molecule is COc1ccc(CN2C(=O)/C(=C/c3ccc(C)s3)c3ccccc3C2=O)cc1. The van der Waals surface area contributed by atoms with E-state index in [0.29, 0.717) is 16.7 Å². The van der Waals surface area contributed by atoms with Crippen LogP contribution in [0.1, 0.15) is 31.2 Å². The molecule has 0 unspecified atom stereocenters. The molecule has 5 heteroatoms. The second kappa shape index (κ2) is 7.44. The Bertz CT molecular complexity index is 1080. The van der Waals surface area contributed by atoms with Gasteiger partial charge in [0.15, 0.2) is 0 Å². The van der Waals surface area contributed by atoms with Crippen molar-refractivity contribution in [2.24, 2.45) is 0 Å². The number of nitrogens with zero attached hydrogens (tertiary/aromatic N) is 1. The van der Waals surface area contributed by atoms with Crippen LogP contribution in [-0.2, 0) is 11.3 Å². The lowest BCUT2D eigenvalue weighted by Gasteiger charge is -2.28. The molecular weight excluding hydrogens is 370 g/mol. The summed E-state index contributed by atoms with van der Waals surface area (Å²) in [5.74, 6) is 0.195. The fraction of sp³-hybridized carbons (Fsp3) is 0.130. The van der Waals surface area contributed by atoms with Crippen LogP contribution >= 0.6 is 11.3 Å². The molecule has 3 aromatic rings. The van der Waals surface area contributed by atoms with Crippen molar-refractivity contribution in [2.75, 3.05) is 7.11 Å². The quantitative estimate of drug-likeness (QED) is 0.476. The van der Waals surface area contributed by atoms with Gasteiger partial charge in [0.2, 0.25) is 0 Å². The summed E-state index contributed by atoms with van der Waals surface area (Å²) >= 11 is 1.62. The summed E-state index contributed by atoms with van der Waals surface area (Å²) in [6.45, 7) is 2.25. The number of rotatable bonds is 4. The van der Waals surface area contributed by atoms with Gasteiger partial charge in [0.1, 0.15) is 5.75 Å². The molecule has 0 fully saturated rings. The molecule has 0 atom stereocenters. The minimum atomic E-state index is -0.273. The highest BCUT2D eigenvalue weighted by Gasteiger charge is 2.34. The van der Waals surface area contributed by atoms with Gasteiger partial charge in [-0.2, -0.15) is 0 Å². The third-order valence-electron chi connectivity index (χ3n) is 4.72. The molecule has 0 radical (unpaired) electrons. The Hall–Kier alpha value is -3.18. The van der Waals surface area contributed by atoms with Crippen LogP contribution in [0.3, 0.4) is 0 Å². The third kappa shape index (κ3) is 3.37. The lowest BCUT2D eigenvalue weighted by atomic mass is 9.92. The molecule has 0 spiro atoms. The van der Waals surface area contributed by atoms with Crippen molar-refractivity contribution in [2.45, 2.75) is 13.5 Å². The van der Waals surface area contributed by atoms with Crippen LogP contribution in [0.25, 0.3) is 11.6 Å². The first-order valence-electron chi connectivity index (χ1n) is 8.93. The second-order valence-corrected chi connectivity index (χ2v) is 7.92. The standard InChI is InChI=1S/C23H19NO3S/c1-15-7-12-18(28-15)13-21-19-5-3-4-6-20(19)22(25)24(23(21)26)14-16-8-10-17(27-2)11-9-16/h3-13H,14H2,1-2H3/b21-13+. The average molecular weight is 389 g/mol. The molecule has 28 heavy (non-hydrogen) atoms. The molecule has 1 aliphatic rings. The number of aryl methyl sites for hydroxylation is 1. The van der Waals surface area contributed by atoms with Crippen LogP contribution in [-0.4, -0.2) is 23.8 Å². The molecule has 0 saturated carbocycles. The topological polar surface area (TPSA) is 46.6 Å². The van der Waals surface area contributed by atoms with Gasteiger partial charge in [-0.1, -0.05) is 30.3 Å². The van der Waals surface area contributed by atoms with E-state index in [9.17, 15) is 9.59 Å². The van der Waals surface area contributed by atoms with Gasteiger partial charge >= 0.3 is 0 Å². The number of thiophene rings is 1. The van der Waals surface area contributed by atoms with E-state index in [2.05, 4.69) is 0 Å². The highest BCUT2D eigenvalue weighted by molar-refractivity contribution is 7.12. The molecule has 1 aromatic heterocycles. The minimum absolute atomic E-state index is 0.219. The maximum Gasteiger partial charge on any atom is 0.261 e. The predicted molar refractivity (Wildman–Crippen MR) is 111 cm³/mol. The highest BCUT2D eigenvalue weighted by atomic mass is 32.1. The normalized spacial score (nSPS) is 15.1. The Kier molecular flexibility index (Phi) is 4.84. The molecule has 2 amide bonds. The minimum Gasteiger partial charge on any atom is -0.497 e. The van der Waals surface area contributed by atoms with Crippen LogP contribution in [0.5, 0.6) is 5.75 Å². The summed E-state index contributed by atoms with van der Waals surface area (Å²) in [5.41, 5.74) is 2.66. The zero-order valence-electron chi connectivity index (χ0n) is 15.6. The summed E-state index contributed by atoms with van der Waals surface area (Å²) < 4.78 is 5.18. The molecule has 0 N–H and O–H groups in total. The van der Waals surface area contributed by atoms with Crippen molar-refractivity contribution in [3.8, 4) is 5.75 Å². The van der Waals surface area contributed by atoms with Crippen LogP contribution < -0.4 is 4.74 Å². The molecule has 1 aliphatic heterocycles. The molecule has 2 heterocycles. The van der Waals surface area contributed by atoms with E-state index in [4.69, 9.17) is 4.74 Å². The smallest absolute Gasteiger partial charge is 0.261 e. The van der Waals surface area contributed by atoms with Crippen molar-refractivity contribution >= 4 is 34.8 Å². The number of hydrogen-bond donors (Lipinski definition) is 0. The number of benzene rings is 2. The van der Waals surface area contributed by atoms with Gasteiger partial charge in [-0.05, 0) is 54.5 Å². The van der Waals surface area contributed by atoms with Gasteiger partial charge < -0.3 is 4.74 Å². The summed E-state index contributed by atoms with van der Waals surface area (Å²) in [7, 11) is 1.60. The first-order valence-corrected chi connectivity index (χ1v) is 9.75. The number of hydrogen-bond acceptors (Lipinski definition) is 4. The Morgan fingerprint density at radius 3 is 2.29 bits per heavy atom. The molecule has 140 valence electrons. The molecule has 0 saturated heterocycles. The van der Waals surface area contributed by atoms with Crippen LogP contribution in [0, 0.1) is 6.92 Å². The van der Waals surface area contributed by atoms with E-state index < -0.39 is 0 Å². The summed E-state index contributed by atoms with van der Waals surface area (Å²) in [4.78, 5) is 29.8. The van der Waals surface area contributed by atoms with Gasteiger partial charge in [0.05, 0.1) is 13.7 Å². The van der Waals surface area contributed by atoms with Gasteiger partial charge in [-0.25, -0.2) is 0 Å². The average Bonchev–Trinajstić information content (AvgIpc) is 3.14. The fourth-order valence-corrected chi connectivity index (χ4v) is 4.09. The zero-order valence-corrected chi connectivity index (χ0v) is 16.5. The predicted octanol–water partition coefficient (Wildman–Crippen LogP) is 4.79. The molecule has 2 aromatic carbocycles.